The number of carbonyl (C=O) groups excluding carboxylic acids is 2. The third kappa shape index (κ3) is 4.51. The summed E-state index contributed by atoms with van der Waals surface area (Å²) in [5.74, 6) is -2.54. The van der Waals surface area contributed by atoms with Gasteiger partial charge in [-0.25, -0.2) is 0 Å². The number of hydrogen-bond acceptors (Lipinski definition) is 7. The van der Waals surface area contributed by atoms with E-state index in [-0.39, 0.29) is 42.0 Å². The van der Waals surface area contributed by atoms with Crippen LogP contribution < -0.4 is 10.2 Å². The van der Waals surface area contributed by atoms with Crippen molar-refractivity contribution in [2.24, 2.45) is 17.8 Å². The van der Waals surface area contributed by atoms with Crippen LogP contribution >= 0.6 is 11.6 Å². The Hall–Kier alpha value is -3.63. The minimum Gasteiger partial charge on any atom is -0.508 e. The number of halogens is 1. The first-order chi connectivity index (χ1) is 18.9. The molecule has 0 unspecified atom stereocenters. The van der Waals surface area contributed by atoms with Gasteiger partial charge in [-0.2, -0.15) is 0 Å². The van der Waals surface area contributed by atoms with Crippen molar-refractivity contribution in [2.45, 2.75) is 18.9 Å². The number of aliphatic hydroxyl groups is 1. The van der Waals surface area contributed by atoms with Gasteiger partial charge in [-0.1, -0.05) is 35.9 Å². The molecule has 2 heterocycles. The topological polar surface area (TPSA) is 119 Å². The lowest BCUT2D eigenvalue weighted by molar-refractivity contribution is -0.123. The average molecular weight is 545 g/mol. The van der Waals surface area contributed by atoms with E-state index in [1.807, 2.05) is 42.5 Å². The highest BCUT2D eigenvalue weighted by Gasteiger charge is 2.58. The number of allylic oxidation sites excluding steroid dienone is 1. The van der Waals surface area contributed by atoms with Crippen LogP contribution in [-0.2, 0) is 14.2 Å². The number of nitrogens with one attached hydrogen (secondary N) is 1. The van der Waals surface area contributed by atoms with Crippen LogP contribution in [0.25, 0.3) is 0 Å². The average Bonchev–Trinajstić information content (AvgIpc) is 3.18. The van der Waals surface area contributed by atoms with E-state index in [9.17, 15) is 24.8 Å². The van der Waals surface area contributed by atoms with Crippen LogP contribution in [0.3, 0.4) is 0 Å². The van der Waals surface area contributed by atoms with Crippen LogP contribution in [0, 0.1) is 17.8 Å². The Labute approximate surface area is 230 Å². The number of aliphatic hydroxyl groups excluding tert-OH is 1. The van der Waals surface area contributed by atoms with Gasteiger partial charge in [0.15, 0.2) is 0 Å². The predicted molar refractivity (Wildman–Crippen MR) is 147 cm³/mol. The lowest BCUT2D eigenvalue weighted by atomic mass is 9.55. The van der Waals surface area contributed by atoms with E-state index >= 15 is 0 Å². The van der Waals surface area contributed by atoms with Crippen LogP contribution in [0.4, 0.5) is 17.1 Å². The molecule has 3 aliphatic rings. The first kappa shape index (κ1) is 25.6. The number of benzene rings is 3. The Kier molecular flexibility index (Phi) is 6.68. The Morgan fingerprint density at radius 3 is 2.38 bits per heavy atom. The minimum absolute atomic E-state index is 0.00168. The molecule has 0 spiro atoms. The molecule has 10 heteroatoms. The molecule has 0 saturated carbocycles. The summed E-state index contributed by atoms with van der Waals surface area (Å²) in [6.45, 7) is -0.346. The molecule has 3 aromatic rings. The van der Waals surface area contributed by atoms with Crippen LogP contribution in [0.2, 0.25) is 5.02 Å². The summed E-state index contributed by atoms with van der Waals surface area (Å²) in [6, 6.07) is 21.3. The Morgan fingerprint density at radius 1 is 0.974 bits per heavy atom. The zero-order valence-corrected chi connectivity index (χ0v) is 21.6. The highest BCUT2D eigenvalue weighted by molar-refractivity contribution is 6.53. The standard InChI is InChI=1S/C29H26BClN2O6/c31-24-13-20(35)10-11-21(24)25-14-22-26-23(12-16(15-34)27(22)30(38)39-25)28(36)33(29(26)37)19-8-6-18(7-9-19)32-17-4-2-1-3-5-17/h1-11,13,22-23,25-26,32,34-35,38H,12,14-15H2/t22-,23-,25-,26+/m0/s1. The van der Waals surface area contributed by atoms with Crippen molar-refractivity contribution in [3.05, 3.63) is 94.4 Å². The summed E-state index contributed by atoms with van der Waals surface area (Å²) in [5.41, 5.74) is 3.76. The fourth-order valence-electron chi connectivity index (χ4n) is 6.17. The molecule has 4 atom stereocenters. The first-order valence-electron chi connectivity index (χ1n) is 12.8. The van der Waals surface area contributed by atoms with Gasteiger partial charge in [0, 0.05) is 16.4 Å². The van der Waals surface area contributed by atoms with Crippen LogP contribution in [0.5, 0.6) is 5.75 Å². The maximum absolute atomic E-state index is 13.9. The SMILES string of the molecule is O=C1[C@H]2[C@H](CC(CO)=C3B(O)O[C@H](c4ccc(O)cc4Cl)C[C@H]32)C(=O)N1c1ccc(Nc2ccccc2)cc1. The molecule has 39 heavy (non-hydrogen) atoms. The van der Waals surface area contributed by atoms with Crippen molar-refractivity contribution in [2.75, 3.05) is 16.8 Å². The number of rotatable bonds is 5. The van der Waals surface area contributed by atoms with Gasteiger partial charge in [-0.05, 0) is 83.9 Å². The summed E-state index contributed by atoms with van der Waals surface area (Å²) in [7, 11) is -1.36. The Balaban J connectivity index is 1.30. The quantitative estimate of drug-likeness (QED) is 0.278. The van der Waals surface area contributed by atoms with Crippen molar-refractivity contribution in [1.82, 2.24) is 0 Å². The molecule has 4 N–H and O–H groups in total. The van der Waals surface area contributed by atoms with Crippen molar-refractivity contribution in [3.8, 4) is 5.75 Å². The number of aromatic hydroxyl groups is 1. The van der Waals surface area contributed by atoms with Gasteiger partial charge < -0.3 is 25.2 Å². The fourth-order valence-corrected chi connectivity index (χ4v) is 6.47. The number of para-hydroxylation sites is 1. The van der Waals surface area contributed by atoms with Gasteiger partial charge in [0.25, 0.3) is 0 Å². The van der Waals surface area contributed by atoms with Gasteiger partial charge in [0.2, 0.25) is 11.8 Å². The lowest BCUT2D eigenvalue weighted by Gasteiger charge is -2.42. The van der Waals surface area contributed by atoms with Crippen molar-refractivity contribution in [1.29, 1.82) is 0 Å². The number of hydrogen-bond donors (Lipinski definition) is 4. The Morgan fingerprint density at radius 2 is 1.69 bits per heavy atom. The number of phenolic OH excluding ortho intramolecular Hbond substituents is 1. The predicted octanol–water partition coefficient (Wildman–Crippen LogP) is 4.38. The number of anilines is 3. The van der Waals surface area contributed by atoms with E-state index in [1.165, 1.54) is 17.0 Å². The molecule has 2 fully saturated rings. The summed E-state index contributed by atoms with van der Waals surface area (Å²) in [4.78, 5) is 28.7. The second-order valence-corrected chi connectivity index (χ2v) is 10.5. The zero-order valence-electron chi connectivity index (χ0n) is 20.8. The Bertz CT molecular complexity index is 1460. The van der Waals surface area contributed by atoms with Crippen LogP contribution in [0.1, 0.15) is 24.5 Å². The molecule has 2 aliphatic heterocycles. The molecular weight excluding hydrogens is 519 g/mol. The van der Waals surface area contributed by atoms with Crippen LogP contribution in [0.15, 0.2) is 83.8 Å². The molecule has 2 amide bonds. The molecule has 8 nitrogen and oxygen atoms in total. The third-order valence-corrected chi connectivity index (χ3v) is 8.25. The number of amides is 2. The van der Waals surface area contributed by atoms with Crippen molar-refractivity contribution < 1.29 is 29.5 Å². The summed E-state index contributed by atoms with van der Waals surface area (Å²) in [5, 5.41) is 34.4. The molecule has 3 aromatic carbocycles. The molecule has 198 valence electrons. The fraction of sp³-hybridized carbons (Fsp3) is 0.241. The van der Waals surface area contributed by atoms with E-state index in [0.29, 0.717) is 22.3 Å². The number of carbonyl (C=O) groups is 2. The molecule has 0 bridgehead atoms. The minimum atomic E-state index is -1.36. The normalized spacial score (nSPS) is 24.6. The van der Waals surface area contributed by atoms with Gasteiger partial charge in [0.1, 0.15) is 5.75 Å². The molecule has 0 radical (unpaired) electrons. The molecule has 6 rings (SSSR count). The van der Waals surface area contributed by atoms with Gasteiger partial charge in [0.05, 0.1) is 30.2 Å². The van der Waals surface area contributed by atoms with E-state index < -0.39 is 31.0 Å². The number of phenols is 1. The molecule has 1 aliphatic carbocycles. The highest BCUT2D eigenvalue weighted by Crippen LogP contribution is 2.52. The van der Waals surface area contributed by atoms with Crippen molar-refractivity contribution >= 4 is 47.6 Å². The van der Waals surface area contributed by atoms with Gasteiger partial charge in [-0.3, -0.25) is 14.5 Å². The van der Waals surface area contributed by atoms with E-state index in [1.54, 1.807) is 18.2 Å². The highest BCUT2D eigenvalue weighted by atomic mass is 35.5. The summed E-state index contributed by atoms with van der Waals surface area (Å²) in [6.07, 6.45) is -0.206. The lowest BCUT2D eigenvalue weighted by Crippen LogP contribution is -2.45. The monoisotopic (exact) mass is 544 g/mol. The van der Waals surface area contributed by atoms with Gasteiger partial charge in [-0.15, -0.1) is 0 Å². The summed E-state index contributed by atoms with van der Waals surface area (Å²) < 4.78 is 5.88. The largest absolute Gasteiger partial charge is 0.508 e. The maximum Gasteiger partial charge on any atom is 0.487 e. The molecule has 2 saturated heterocycles. The molecule has 0 aromatic heterocycles. The number of nitrogens with zero attached hydrogens (tertiary/aromatic N) is 1. The van der Waals surface area contributed by atoms with Crippen LogP contribution in [-0.4, -0.2) is 40.8 Å². The number of fused-ring (bicyclic) bond motifs is 3. The smallest absolute Gasteiger partial charge is 0.487 e. The summed E-state index contributed by atoms with van der Waals surface area (Å²) >= 11 is 6.36. The van der Waals surface area contributed by atoms with Gasteiger partial charge >= 0.3 is 7.12 Å². The maximum atomic E-state index is 13.9. The third-order valence-electron chi connectivity index (χ3n) is 7.92. The molecular formula is C29H26BClN2O6. The second kappa shape index (κ2) is 10.2. The zero-order chi connectivity index (χ0) is 27.3. The van der Waals surface area contributed by atoms with Crippen molar-refractivity contribution in [3.63, 3.8) is 0 Å². The van der Waals surface area contributed by atoms with E-state index in [2.05, 4.69) is 5.32 Å². The second-order valence-electron chi connectivity index (χ2n) is 10.1. The number of imide groups is 1. The van der Waals surface area contributed by atoms with E-state index in [4.69, 9.17) is 16.3 Å². The first-order valence-corrected chi connectivity index (χ1v) is 13.2. The van der Waals surface area contributed by atoms with E-state index in [0.717, 1.165) is 11.4 Å².